The summed E-state index contributed by atoms with van der Waals surface area (Å²) in [6.07, 6.45) is 2.57. The van der Waals surface area contributed by atoms with Gasteiger partial charge in [-0.05, 0) is 56.5 Å². The van der Waals surface area contributed by atoms with E-state index in [4.69, 9.17) is 4.74 Å². The van der Waals surface area contributed by atoms with Crippen LogP contribution in [-0.2, 0) is 0 Å². The fourth-order valence-corrected chi connectivity index (χ4v) is 2.08. The summed E-state index contributed by atoms with van der Waals surface area (Å²) in [5.41, 5.74) is 2.63. The molecule has 0 aliphatic carbocycles. The van der Waals surface area contributed by atoms with Crippen molar-refractivity contribution in [2.45, 2.75) is 26.7 Å². The zero-order valence-corrected chi connectivity index (χ0v) is 10.3. The third kappa shape index (κ3) is 2.99. The van der Waals surface area contributed by atoms with Gasteiger partial charge in [-0.3, -0.25) is 0 Å². The second-order valence-corrected chi connectivity index (χ2v) is 4.77. The van der Waals surface area contributed by atoms with Crippen LogP contribution in [0.4, 0.5) is 0 Å². The number of hydrogen-bond donors (Lipinski definition) is 1. The Labute approximate surface area is 98.0 Å². The average Bonchev–Trinajstić information content (AvgIpc) is 2.32. The molecule has 1 fully saturated rings. The molecule has 0 radical (unpaired) electrons. The van der Waals surface area contributed by atoms with E-state index in [2.05, 4.69) is 37.4 Å². The van der Waals surface area contributed by atoms with Crippen LogP contribution in [0, 0.1) is 19.8 Å². The Morgan fingerprint density at radius 3 is 2.88 bits per heavy atom. The van der Waals surface area contributed by atoms with Crippen molar-refractivity contribution in [2.24, 2.45) is 5.92 Å². The molecule has 1 saturated heterocycles. The summed E-state index contributed by atoms with van der Waals surface area (Å²) in [5.74, 6) is 1.68. The zero-order chi connectivity index (χ0) is 11.4. The number of benzene rings is 1. The highest BCUT2D eigenvalue weighted by atomic mass is 16.5. The molecule has 0 saturated carbocycles. The normalized spacial score (nSPS) is 20.8. The number of nitrogens with one attached hydrogen (secondary N) is 1. The van der Waals surface area contributed by atoms with E-state index >= 15 is 0 Å². The van der Waals surface area contributed by atoms with Crippen molar-refractivity contribution in [3.8, 4) is 5.75 Å². The van der Waals surface area contributed by atoms with Gasteiger partial charge in [0, 0.05) is 12.5 Å². The van der Waals surface area contributed by atoms with Crippen LogP contribution < -0.4 is 10.1 Å². The highest BCUT2D eigenvalue weighted by molar-refractivity contribution is 5.33. The molecule has 0 amide bonds. The van der Waals surface area contributed by atoms with Crippen LogP contribution >= 0.6 is 0 Å². The fraction of sp³-hybridized carbons (Fsp3) is 0.571. The standard InChI is InChI=1S/C14H21NO/c1-11-5-6-14(8-12(11)2)16-10-13-4-3-7-15-9-13/h5-6,8,13,15H,3-4,7,9-10H2,1-2H3/t13-/m1/s1. The Balaban J connectivity index is 1.86. The van der Waals surface area contributed by atoms with Gasteiger partial charge in [-0.15, -0.1) is 0 Å². The van der Waals surface area contributed by atoms with E-state index < -0.39 is 0 Å². The summed E-state index contributed by atoms with van der Waals surface area (Å²) < 4.78 is 5.84. The number of hydrogen-bond acceptors (Lipinski definition) is 2. The molecule has 1 N–H and O–H groups in total. The maximum atomic E-state index is 5.84. The van der Waals surface area contributed by atoms with Crippen molar-refractivity contribution in [1.29, 1.82) is 0 Å². The van der Waals surface area contributed by atoms with Crippen LogP contribution in [0.2, 0.25) is 0 Å². The van der Waals surface area contributed by atoms with Crippen LogP contribution in [0.15, 0.2) is 18.2 Å². The molecule has 1 aliphatic heterocycles. The van der Waals surface area contributed by atoms with Crippen molar-refractivity contribution in [1.82, 2.24) is 5.32 Å². The Morgan fingerprint density at radius 1 is 1.31 bits per heavy atom. The molecule has 0 unspecified atom stereocenters. The second kappa shape index (κ2) is 5.35. The monoisotopic (exact) mass is 219 g/mol. The van der Waals surface area contributed by atoms with Crippen molar-refractivity contribution in [2.75, 3.05) is 19.7 Å². The number of aryl methyl sites for hydroxylation is 2. The molecule has 2 rings (SSSR count). The molecule has 1 atom stereocenters. The van der Waals surface area contributed by atoms with Crippen LogP contribution in [0.3, 0.4) is 0 Å². The highest BCUT2D eigenvalue weighted by Gasteiger charge is 2.13. The molecule has 16 heavy (non-hydrogen) atoms. The summed E-state index contributed by atoms with van der Waals surface area (Å²) in [4.78, 5) is 0. The van der Waals surface area contributed by atoms with E-state index in [9.17, 15) is 0 Å². The minimum atomic E-state index is 0.676. The van der Waals surface area contributed by atoms with E-state index in [0.29, 0.717) is 5.92 Å². The number of ether oxygens (including phenoxy) is 1. The van der Waals surface area contributed by atoms with Gasteiger partial charge in [0.15, 0.2) is 0 Å². The maximum absolute atomic E-state index is 5.84. The van der Waals surface area contributed by atoms with Gasteiger partial charge in [0.05, 0.1) is 6.61 Å². The molecule has 1 aromatic carbocycles. The van der Waals surface area contributed by atoms with Gasteiger partial charge in [0.25, 0.3) is 0 Å². The summed E-state index contributed by atoms with van der Waals surface area (Å²) in [7, 11) is 0. The van der Waals surface area contributed by atoms with E-state index in [1.165, 1.54) is 30.5 Å². The Hall–Kier alpha value is -1.02. The topological polar surface area (TPSA) is 21.3 Å². The van der Waals surface area contributed by atoms with Crippen molar-refractivity contribution in [3.05, 3.63) is 29.3 Å². The number of piperidine rings is 1. The molecule has 1 aliphatic rings. The van der Waals surface area contributed by atoms with Crippen molar-refractivity contribution in [3.63, 3.8) is 0 Å². The van der Waals surface area contributed by atoms with Crippen LogP contribution in [0.5, 0.6) is 5.75 Å². The minimum absolute atomic E-state index is 0.676. The number of rotatable bonds is 3. The Morgan fingerprint density at radius 2 is 2.19 bits per heavy atom. The first-order valence-electron chi connectivity index (χ1n) is 6.16. The zero-order valence-electron chi connectivity index (χ0n) is 10.3. The SMILES string of the molecule is Cc1ccc(OC[C@@H]2CCCNC2)cc1C. The van der Waals surface area contributed by atoms with Crippen molar-refractivity contribution < 1.29 is 4.74 Å². The first-order valence-corrected chi connectivity index (χ1v) is 6.16. The lowest BCUT2D eigenvalue weighted by molar-refractivity contribution is 0.218. The van der Waals surface area contributed by atoms with E-state index in [0.717, 1.165) is 18.9 Å². The van der Waals surface area contributed by atoms with E-state index in [-0.39, 0.29) is 0 Å². The molecule has 0 spiro atoms. The minimum Gasteiger partial charge on any atom is -0.493 e. The van der Waals surface area contributed by atoms with Gasteiger partial charge >= 0.3 is 0 Å². The summed E-state index contributed by atoms with van der Waals surface area (Å²) in [5, 5.41) is 3.41. The summed E-state index contributed by atoms with van der Waals surface area (Å²) in [6.45, 7) is 7.37. The maximum Gasteiger partial charge on any atom is 0.119 e. The molecule has 0 aromatic heterocycles. The first-order chi connectivity index (χ1) is 7.75. The molecule has 1 heterocycles. The van der Waals surface area contributed by atoms with Crippen LogP contribution in [-0.4, -0.2) is 19.7 Å². The van der Waals surface area contributed by atoms with Gasteiger partial charge in [-0.25, -0.2) is 0 Å². The Kier molecular flexibility index (Phi) is 3.83. The van der Waals surface area contributed by atoms with Gasteiger partial charge < -0.3 is 10.1 Å². The molecular weight excluding hydrogens is 198 g/mol. The molecule has 0 bridgehead atoms. The molecule has 2 nitrogen and oxygen atoms in total. The summed E-state index contributed by atoms with van der Waals surface area (Å²) >= 11 is 0. The van der Waals surface area contributed by atoms with E-state index in [1.54, 1.807) is 0 Å². The molecule has 2 heteroatoms. The largest absolute Gasteiger partial charge is 0.493 e. The summed E-state index contributed by atoms with van der Waals surface area (Å²) in [6, 6.07) is 6.33. The predicted molar refractivity (Wildman–Crippen MR) is 67.0 cm³/mol. The lowest BCUT2D eigenvalue weighted by atomic mass is 10.0. The Bertz CT molecular complexity index is 343. The van der Waals surface area contributed by atoms with Gasteiger partial charge in [-0.2, -0.15) is 0 Å². The highest BCUT2D eigenvalue weighted by Crippen LogP contribution is 2.18. The molecule has 1 aromatic rings. The lowest BCUT2D eigenvalue weighted by Gasteiger charge is -2.22. The third-order valence-corrected chi connectivity index (χ3v) is 3.36. The van der Waals surface area contributed by atoms with E-state index in [1.807, 2.05) is 0 Å². The quantitative estimate of drug-likeness (QED) is 0.844. The first kappa shape index (κ1) is 11.5. The third-order valence-electron chi connectivity index (χ3n) is 3.36. The molecular formula is C14H21NO. The van der Waals surface area contributed by atoms with Crippen LogP contribution in [0.1, 0.15) is 24.0 Å². The predicted octanol–water partition coefficient (Wildman–Crippen LogP) is 2.68. The fourth-order valence-electron chi connectivity index (χ4n) is 2.08. The van der Waals surface area contributed by atoms with Crippen LogP contribution in [0.25, 0.3) is 0 Å². The average molecular weight is 219 g/mol. The smallest absolute Gasteiger partial charge is 0.119 e. The van der Waals surface area contributed by atoms with Gasteiger partial charge in [0.1, 0.15) is 5.75 Å². The second-order valence-electron chi connectivity index (χ2n) is 4.77. The van der Waals surface area contributed by atoms with Gasteiger partial charge in [-0.1, -0.05) is 6.07 Å². The lowest BCUT2D eigenvalue weighted by Crippen LogP contribution is -2.33. The van der Waals surface area contributed by atoms with Crippen molar-refractivity contribution >= 4 is 0 Å². The van der Waals surface area contributed by atoms with Gasteiger partial charge in [0.2, 0.25) is 0 Å². The molecule has 88 valence electrons.